The monoisotopic (exact) mass is 413 g/mol. The second kappa shape index (κ2) is 7.46. The minimum Gasteiger partial charge on any atom is -0.406 e. The summed E-state index contributed by atoms with van der Waals surface area (Å²) in [7, 11) is -3.24. The van der Waals surface area contributed by atoms with Gasteiger partial charge in [-0.3, -0.25) is 4.79 Å². The highest BCUT2D eigenvalue weighted by atomic mass is 32.2. The van der Waals surface area contributed by atoms with Crippen molar-refractivity contribution in [2.45, 2.75) is 25.0 Å². The summed E-state index contributed by atoms with van der Waals surface area (Å²) in [5.41, 5.74) is 1.94. The summed E-state index contributed by atoms with van der Waals surface area (Å²) >= 11 is 0. The third-order valence-electron chi connectivity index (χ3n) is 4.25. The molecule has 0 atom stereocenters. The Labute approximate surface area is 160 Å². The first-order valence-electron chi connectivity index (χ1n) is 8.49. The van der Waals surface area contributed by atoms with Crippen LogP contribution in [0.2, 0.25) is 0 Å². The second-order valence-corrected chi connectivity index (χ2v) is 8.81. The summed E-state index contributed by atoms with van der Waals surface area (Å²) in [4.78, 5) is 14.5. The quantitative estimate of drug-likeness (QED) is 0.766. The number of rotatable bonds is 4. The van der Waals surface area contributed by atoms with E-state index in [9.17, 15) is 26.4 Å². The van der Waals surface area contributed by atoms with Crippen molar-refractivity contribution in [3.8, 4) is 5.75 Å². The Bertz CT molecular complexity index is 1000. The molecule has 0 bridgehead atoms. The van der Waals surface area contributed by atoms with E-state index in [2.05, 4.69) is 4.74 Å². The van der Waals surface area contributed by atoms with Crippen molar-refractivity contribution in [2.75, 3.05) is 17.7 Å². The van der Waals surface area contributed by atoms with Crippen LogP contribution in [0.5, 0.6) is 5.75 Å². The minimum absolute atomic E-state index is 0.178. The van der Waals surface area contributed by atoms with Crippen LogP contribution in [-0.4, -0.2) is 33.5 Å². The Morgan fingerprint density at radius 2 is 1.93 bits per heavy atom. The molecule has 1 aliphatic rings. The van der Waals surface area contributed by atoms with E-state index in [-0.39, 0.29) is 17.4 Å². The van der Waals surface area contributed by atoms with Gasteiger partial charge in [-0.1, -0.05) is 12.1 Å². The number of nitrogens with zero attached hydrogens (tertiary/aromatic N) is 1. The van der Waals surface area contributed by atoms with Crippen LogP contribution in [0.4, 0.5) is 18.9 Å². The molecule has 1 heterocycles. The number of fused-ring (bicyclic) bond motifs is 1. The summed E-state index contributed by atoms with van der Waals surface area (Å²) in [6.45, 7) is 0.418. The third-order valence-corrected chi connectivity index (χ3v) is 5.11. The number of carbonyl (C=O) groups excluding carboxylic acids is 1. The number of carbonyl (C=O) groups is 1. The Morgan fingerprint density at radius 3 is 2.61 bits per heavy atom. The number of anilines is 1. The fourth-order valence-corrected chi connectivity index (χ4v) is 4.02. The third kappa shape index (κ3) is 5.03. The predicted molar refractivity (Wildman–Crippen MR) is 98.1 cm³/mol. The molecule has 0 aromatic heterocycles. The fraction of sp³-hybridized carbons (Fsp3) is 0.316. The van der Waals surface area contributed by atoms with Crippen LogP contribution in [-0.2, 0) is 22.0 Å². The van der Waals surface area contributed by atoms with E-state index >= 15 is 0 Å². The molecular weight excluding hydrogens is 395 g/mol. The van der Waals surface area contributed by atoms with E-state index in [1.165, 1.54) is 29.2 Å². The molecule has 0 saturated carbocycles. The van der Waals surface area contributed by atoms with Crippen LogP contribution in [0.15, 0.2) is 42.5 Å². The lowest BCUT2D eigenvalue weighted by Gasteiger charge is -2.30. The first-order valence-corrected chi connectivity index (χ1v) is 10.6. The first-order chi connectivity index (χ1) is 13.0. The lowest BCUT2D eigenvalue weighted by atomic mass is 10.00. The number of amides is 1. The number of benzene rings is 2. The Hall–Kier alpha value is -2.55. The lowest BCUT2D eigenvalue weighted by Crippen LogP contribution is -2.35. The van der Waals surface area contributed by atoms with Gasteiger partial charge in [0.2, 0.25) is 0 Å². The van der Waals surface area contributed by atoms with Crippen LogP contribution in [0.1, 0.15) is 27.9 Å². The molecule has 0 fully saturated rings. The van der Waals surface area contributed by atoms with Crippen molar-refractivity contribution in [1.29, 1.82) is 0 Å². The van der Waals surface area contributed by atoms with Gasteiger partial charge in [0.25, 0.3) is 5.91 Å². The van der Waals surface area contributed by atoms with E-state index in [1.54, 1.807) is 18.2 Å². The molecule has 0 unspecified atom stereocenters. The van der Waals surface area contributed by atoms with E-state index in [4.69, 9.17) is 0 Å². The number of ether oxygens (including phenoxy) is 1. The molecule has 150 valence electrons. The summed E-state index contributed by atoms with van der Waals surface area (Å²) < 4.78 is 64.2. The summed E-state index contributed by atoms with van der Waals surface area (Å²) in [5, 5.41) is 0. The topological polar surface area (TPSA) is 63.7 Å². The summed E-state index contributed by atoms with van der Waals surface area (Å²) in [5.74, 6) is -0.834. The molecule has 1 amide bonds. The largest absolute Gasteiger partial charge is 0.573 e. The Balaban J connectivity index is 1.88. The first kappa shape index (κ1) is 20.2. The van der Waals surface area contributed by atoms with Crippen LogP contribution < -0.4 is 9.64 Å². The van der Waals surface area contributed by atoms with E-state index in [0.29, 0.717) is 41.8 Å². The highest BCUT2D eigenvalue weighted by molar-refractivity contribution is 7.89. The normalized spacial score (nSPS) is 14.5. The molecule has 0 N–H and O–H groups in total. The number of hydrogen-bond donors (Lipinski definition) is 0. The van der Waals surface area contributed by atoms with Crippen molar-refractivity contribution >= 4 is 21.4 Å². The molecule has 0 radical (unpaired) electrons. The zero-order valence-corrected chi connectivity index (χ0v) is 15.8. The molecule has 3 rings (SSSR count). The number of sulfone groups is 1. The van der Waals surface area contributed by atoms with Gasteiger partial charge in [-0.05, 0) is 54.3 Å². The number of halogens is 3. The van der Waals surface area contributed by atoms with Gasteiger partial charge in [-0.25, -0.2) is 8.42 Å². The van der Waals surface area contributed by atoms with Gasteiger partial charge in [0.15, 0.2) is 9.84 Å². The average Bonchev–Trinajstić information content (AvgIpc) is 2.57. The Kier molecular flexibility index (Phi) is 5.38. The van der Waals surface area contributed by atoms with Crippen molar-refractivity contribution in [2.24, 2.45) is 0 Å². The predicted octanol–water partition coefficient (Wildman–Crippen LogP) is 3.72. The van der Waals surface area contributed by atoms with Crippen LogP contribution in [0.3, 0.4) is 0 Å². The van der Waals surface area contributed by atoms with Gasteiger partial charge >= 0.3 is 6.36 Å². The van der Waals surface area contributed by atoms with E-state index < -0.39 is 16.2 Å². The molecule has 0 aliphatic carbocycles. The highest BCUT2D eigenvalue weighted by Gasteiger charge is 2.32. The van der Waals surface area contributed by atoms with Gasteiger partial charge in [0.1, 0.15) is 5.75 Å². The van der Waals surface area contributed by atoms with Gasteiger partial charge in [0.05, 0.1) is 5.75 Å². The Morgan fingerprint density at radius 1 is 1.18 bits per heavy atom. The lowest BCUT2D eigenvalue weighted by molar-refractivity contribution is -0.274. The maximum absolute atomic E-state index is 13.0. The second-order valence-electron chi connectivity index (χ2n) is 6.67. The van der Waals surface area contributed by atoms with Gasteiger partial charge < -0.3 is 9.64 Å². The molecule has 5 nitrogen and oxygen atoms in total. The molecule has 28 heavy (non-hydrogen) atoms. The number of aryl methyl sites for hydroxylation is 1. The molecular formula is C19H18F3NO4S. The summed E-state index contributed by atoms with van der Waals surface area (Å²) in [6.07, 6.45) is -2.54. The number of alkyl halides is 3. The zero-order chi connectivity index (χ0) is 20.5. The van der Waals surface area contributed by atoms with Crippen molar-refractivity contribution in [3.63, 3.8) is 0 Å². The molecule has 0 spiro atoms. The molecule has 2 aromatic carbocycles. The van der Waals surface area contributed by atoms with E-state index in [1.807, 2.05) is 0 Å². The smallest absolute Gasteiger partial charge is 0.406 e. The van der Waals surface area contributed by atoms with Crippen molar-refractivity contribution in [3.05, 3.63) is 59.2 Å². The molecule has 0 saturated heterocycles. The maximum Gasteiger partial charge on any atom is 0.573 e. The number of hydrogen-bond acceptors (Lipinski definition) is 4. The minimum atomic E-state index is -4.78. The highest BCUT2D eigenvalue weighted by Crippen LogP contribution is 2.33. The molecule has 2 aromatic rings. The average molecular weight is 413 g/mol. The van der Waals surface area contributed by atoms with Gasteiger partial charge in [-0.2, -0.15) is 0 Å². The van der Waals surface area contributed by atoms with Gasteiger partial charge in [0, 0.05) is 24.1 Å². The molecule has 1 aliphatic heterocycles. The SMILES string of the molecule is CS(=O)(=O)Cc1cccc(C(=O)N2CCCc3cc(OC(F)(F)F)ccc32)c1. The molecule has 9 heteroatoms. The van der Waals surface area contributed by atoms with E-state index in [0.717, 1.165) is 6.26 Å². The fourth-order valence-electron chi connectivity index (χ4n) is 3.23. The van der Waals surface area contributed by atoms with Crippen LogP contribution >= 0.6 is 0 Å². The summed E-state index contributed by atoms with van der Waals surface area (Å²) in [6, 6.07) is 10.3. The zero-order valence-electron chi connectivity index (χ0n) is 15.0. The van der Waals surface area contributed by atoms with Crippen molar-refractivity contribution in [1.82, 2.24) is 0 Å². The van der Waals surface area contributed by atoms with Crippen molar-refractivity contribution < 1.29 is 31.1 Å². The standard InChI is InChI=1S/C19H18F3NO4S/c1-28(25,26)12-13-4-2-5-15(10-13)18(24)23-9-3-6-14-11-16(7-8-17(14)23)27-19(20,21)22/h2,4-5,7-8,10-11H,3,6,9,12H2,1H3. The van der Waals surface area contributed by atoms with Crippen LogP contribution in [0.25, 0.3) is 0 Å². The van der Waals surface area contributed by atoms with Gasteiger partial charge in [-0.15, -0.1) is 13.2 Å². The van der Waals surface area contributed by atoms with Crippen LogP contribution in [0, 0.1) is 0 Å². The maximum atomic E-state index is 13.0.